The molecule has 0 fully saturated rings. The first-order chi connectivity index (χ1) is 14.7. The second-order valence-electron chi connectivity index (χ2n) is 7.04. The zero-order valence-electron chi connectivity index (χ0n) is 16.2. The lowest BCUT2D eigenvalue weighted by Crippen LogP contribution is -2.34. The molecule has 4 rings (SSSR count). The van der Waals surface area contributed by atoms with Crippen molar-refractivity contribution in [3.8, 4) is 0 Å². The lowest BCUT2D eigenvalue weighted by molar-refractivity contribution is -0.137. The van der Waals surface area contributed by atoms with Crippen LogP contribution in [0, 0.1) is 5.82 Å². The van der Waals surface area contributed by atoms with Gasteiger partial charge in [0.05, 0.1) is 29.1 Å². The Bertz CT molecular complexity index is 1240. The van der Waals surface area contributed by atoms with Gasteiger partial charge >= 0.3 is 11.9 Å². The molecule has 0 bridgehead atoms. The number of hydrogen-bond donors (Lipinski definition) is 2. The molecule has 1 N–H and O–H groups in total. The molecule has 2 aromatic carbocycles. The van der Waals surface area contributed by atoms with Gasteiger partial charge < -0.3 is 9.47 Å². The topological polar surface area (TPSA) is 73.3 Å². The SMILES string of the molecule is COCO[C@@H]1Cn2c(=O)[nH]c(=O)c3cc(C(F)(F)F)cc(c32)[SH](c2ccc(F)cc2)C1. The molecule has 166 valence electrons. The summed E-state index contributed by atoms with van der Waals surface area (Å²) in [5.74, 6) is -0.223. The Morgan fingerprint density at radius 1 is 1.19 bits per heavy atom. The maximum atomic E-state index is 13.6. The zero-order valence-corrected chi connectivity index (χ0v) is 17.1. The third-order valence-electron chi connectivity index (χ3n) is 5.02. The molecule has 0 aliphatic carbocycles. The molecule has 1 aromatic heterocycles. The Labute approximate surface area is 175 Å². The van der Waals surface area contributed by atoms with E-state index in [0.717, 1.165) is 12.1 Å². The number of halogens is 4. The minimum Gasteiger partial charge on any atom is -0.359 e. The number of alkyl halides is 3. The number of ether oxygens (including phenoxy) is 2. The third kappa shape index (κ3) is 4.12. The first kappa shape index (κ1) is 21.6. The number of rotatable bonds is 4. The maximum Gasteiger partial charge on any atom is 0.416 e. The lowest BCUT2D eigenvalue weighted by Gasteiger charge is -2.26. The number of hydrogen-bond acceptors (Lipinski definition) is 4. The Balaban J connectivity index is 2.05. The van der Waals surface area contributed by atoms with Gasteiger partial charge in [-0.15, -0.1) is 0 Å². The predicted molar refractivity (Wildman–Crippen MR) is 107 cm³/mol. The molecule has 11 heteroatoms. The molecule has 1 unspecified atom stereocenters. The van der Waals surface area contributed by atoms with Crippen LogP contribution in [0.5, 0.6) is 0 Å². The van der Waals surface area contributed by atoms with Crippen molar-refractivity contribution in [2.24, 2.45) is 0 Å². The number of aromatic nitrogens is 2. The van der Waals surface area contributed by atoms with Crippen LogP contribution in [0.3, 0.4) is 0 Å². The molecule has 0 radical (unpaired) electrons. The highest BCUT2D eigenvalue weighted by molar-refractivity contribution is 8.17. The number of H-pyrrole nitrogens is 1. The van der Waals surface area contributed by atoms with Gasteiger partial charge in [-0.3, -0.25) is 14.3 Å². The van der Waals surface area contributed by atoms with Gasteiger partial charge in [-0.1, -0.05) is 0 Å². The molecular formula is C20H18F4N2O4S. The minimum absolute atomic E-state index is 0.0217. The van der Waals surface area contributed by atoms with E-state index in [9.17, 15) is 27.2 Å². The molecule has 2 atom stereocenters. The summed E-state index contributed by atoms with van der Waals surface area (Å²) in [6.07, 6.45) is -5.27. The van der Waals surface area contributed by atoms with E-state index in [4.69, 9.17) is 9.47 Å². The average molecular weight is 458 g/mol. The summed E-state index contributed by atoms with van der Waals surface area (Å²) in [7, 11) is -0.0900. The second kappa shape index (κ2) is 8.13. The second-order valence-corrected chi connectivity index (χ2v) is 9.26. The first-order valence-electron chi connectivity index (χ1n) is 9.20. The number of aromatic amines is 1. The summed E-state index contributed by atoms with van der Waals surface area (Å²) < 4.78 is 66.2. The van der Waals surface area contributed by atoms with Crippen LogP contribution in [0.4, 0.5) is 17.6 Å². The van der Waals surface area contributed by atoms with E-state index in [1.54, 1.807) is 0 Å². The largest absolute Gasteiger partial charge is 0.416 e. The normalized spacial score (nSPS) is 20.0. The van der Waals surface area contributed by atoms with E-state index in [-0.39, 0.29) is 34.9 Å². The molecule has 2 heterocycles. The van der Waals surface area contributed by atoms with E-state index in [0.29, 0.717) is 4.90 Å². The van der Waals surface area contributed by atoms with Crippen LogP contribution in [0.15, 0.2) is 55.8 Å². The van der Waals surface area contributed by atoms with Crippen LogP contribution in [0.1, 0.15) is 5.56 Å². The highest BCUT2D eigenvalue weighted by Crippen LogP contribution is 2.50. The van der Waals surface area contributed by atoms with Crippen molar-refractivity contribution in [2.75, 3.05) is 19.7 Å². The van der Waals surface area contributed by atoms with Crippen LogP contribution in [-0.4, -0.2) is 35.3 Å². The van der Waals surface area contributed by atoms with Crippen LogP contribution in [-0.2, 0) is 22.2 Å². The highest BCUT2D eigenvalue weighted by atomic mass is 32.2. The van der Waals surface area contributed by atoms with Crippen LogP contribution < -0.4 is 11.2 Å². The molecule has 0 amide bonds. The van der Waals surface area contributed by atoms with Gasteiger partial charge in [-0.2, -0.15) is 24.1 Å². The summed E-state index contributed by atoms with van der Waals surface area (Å²) in [5.41, 5.74) is -2.48. The van der Waals surface area contributed by atoms with Gasteiger partial charge in [-0.05, 0) is 41.3 Å². The summed E-state index contributed by atoms with van der Waals surface area (Å²) in [6, 6.07) is 7.18. The number of nitrogens with one attached hydrogen (secondary N) is 1. The molecule has 31 heavy (non-hydrogen) atoms. The van der Waals surface area contributed by atoms with Crippen LogP contribution in [0.2, 0.25) is 0 Å². The number of thiol groups is 1. The molecule has 1 aliphatic rings. The molecule has 3 aromatic rings. The quantitative estimate of drug-likeness (QED) is 0.358. The minimum atomic E-state index is -4.69. The molecule has 6 nitrogen and oxygen atoms in total. The standard InChI is InChI=1S/C20H18F4N2O4S/c1-29-10-30-13-8-26-17-15(18(27)25-19(26)28)6-11(20(22,23)24)7-16(17)31(9-13)14-4-2-12(21)3-5-14/h2-7,13,31H,8-10H2,1H3,(H,25,27,28)/t13-/m1/s1. The Hall–Kier alpha value is -2.63. The number of methoxy groups -OCH3 is 1. The third-order valence-corrected chi connectivity index (χ3v) is 7.64. The van der Waals surface area contributed by atoms with E-state index in [1.807, 2.05) is 0 Å². The number of nitrogens with zero attached hydrogens (tertiary/aromatic N) is 1. The number of benzene rings is 2. The summed E-state index contributed by atoms with van der Waals surface area (Å²) in [6.45, 7) is -0.0590. The van der Waals surface area contributed by atoms with Crippen molar-refractivity contribution < 1.29 is 27.0 Å². The summed E-state index contributed by atoms with van der Waals surface area (Å²) >= 11 is 0. The van der Waals surface area contributed by atoms with Crippen molar-refractivity contribution in [3.63, 3.8) is 0 Å². The Morgan fingerprint density at radius 2 is 1.90 bits per heavy atom. The van der Waals surface area contributed by atoms with Crippen molar-refractivity contribution in [1.82, 2.24) is 9.55 Å². The van der Waals surface area contributed by atoms with Gasteiger partial charge in [0, 0.05) is 17.8 Å². The molecule has 0 saturated heterocycles. The maximum absolute atomic E-state index is 13.6. The van der Waals surface area contributed by atoms with E-state index < -0.39 is 45.8 Å². The first-order valence-corrected chi connectivity index (χ1v) is 10.7. The molecule has 0 spiro atoms. The van der Waals surface area contributed by atoms with Crippen LogP contribution >= 0.6 is 10.9 Å². The van der Waals surface area contributed by atoms with Gasteiger partial charge in [0.25, 0.3) is 5.56 Å². The van der Waals surface area contributed by atoms with Crippen LogP contribution in [0.25, 0.3) is 10.9 Å². The fraction of sp³-hybridized carbons (Fsp3) is 0.300. The van der Waals surface area contributed by atoms with Gasteiger partial charge in [0.1, 0.15) is 12.6 Å². The summed E-state index contributed by atoms with van der Waals surface area (Å²) in [5, 5.41) is -0.230. The Morgan fingerprint density at radius 3 is 2.55 bits per heavy atom. The monoisotopic (exact) mass is 458 g/mol. The van der Waals surface area contributed by atoms with Crippen molar-refractivity contribution in [3.05, 3.63) is 68.6 Å². The molecular weight excluding hydrogens is 440 g/mol. The van der Waals surface area contributed by atoms with Crippen molar-refractivity contribution in [1.29, 1.82) is 0 Å². The fourth-order valence-corrected chi connectivity index (χ4v) is 6.27. The van der Waals surface area contributed by atoms with E-state index >= 15 is 0 Å². The smallest absolute Gasteiger partial charge is 0.359 e. The van der Waals surface area contributed by atoms with E-state index in [1.165, 1.54) is 35.9 Å². The molecule has 1 aliphatic heterocycles. The molecule has 0 saturated carbocycles. The highest BCUT2D eigenvalue weighted by Gasteiger charge is 2.35. The lowest BCUT2D eigenvalue weighted by atomic mass is 10.1. The average Bonchev–Trinajstić information content (AvgIpc) is 2.88. The summed E-state index contributed by atoms with van der Waals surface area (Å²) in [4.78, 5) is 27.9. The van der Waals surface area contributed by atoms with Crippen molar-refractivity contribution in [2.45, 2.75) is 28.6 Å². The van der Waals surface area contributed by atoms with E-state index in [2.05, 4.69) is 4.98 Å². The van der Waals surface area contributed by atoms with Gasteiger partial charge in [0.2, 0.25) is 0 Å². The Kier molecular flexibility index (Phi) is 5.67. The zero-order chi connectivity index (χ0) is 22.3. The van der Waals surface area contributed by atoms with Crippen molar-refractivity contribution >= 4 is 21.8 Å². The van der Waals surface area contributed by atoms with Gasteiger partial charge in [0.15, 0.2) is 0 Å². The van der Waals surface area contributed by atoms with Gasteiger partial charge in [-0.25, -0.2) is 9.18 Å². The fourth-order valence-electron chi connectivity index (χ4n) is 3.65. The predicted octanol–water partition coefficient (Wildman–Crippen LogP) is 3.27.